The maximum atomic E-state index is 11.8. The van der Waals surface area contributed by atoms with Crippen molar-refractivity contribution in [3.8, 4) is 0 Å². The minimum atomic E-state index is -0.166. The van der Waals surface area contributed by atoms with E-state index in [-0.39, 0.29) is 5.91 Å². The first-order chi connectivity index (χ1) is 8.16. The molecule has 0 aliphatic heterocycles. The molecule has 0 fully saturated rings. The van der Waals surface area contributed by atoms with Crippen LogP contribution in [0.15, 0.2) is 35.1 Å². The van der Waals surface area contributed by atoms with Crippen LogP contribution in [0, 0.1) is 0 Å². The molecule has 0 bridgehead atoms. The van der Waals surface area contributed by atoms with Gasteiger partial charge in [0.2, 0.25) is 0 Å². The zero-order valence-corrected chi connectivity index (χ0v) is 11.0. The van der Waals surface area contributed by atoms with Crippen molar-refractivity contribution >= 4 is 33.4 Å². The van der Waals surface area contributed by atoms with Crippen LogP contribution in [-0.4, -0.2) is 16.1 Å². The number of carbonyl (C=O) groups excluding carboxylic acids is 1. The number of nitrogens with one attached hydrogen (secondary N) is 2. The number of benzene rings is 1. The summed E-state index contributed by atoms with van der Waals surface area (Å²) < 4.78 is 0.769. The standard InChI is InChI=1S/C11H9BrClN3O/c12-9-2-1-8(3-10(9)13)11(17)14-4-7-5-15-16-6-7/h1-3,5-6H,4H2,(H,14,17)(H,15,16). The first-order valence-electron chi connectivity index (χ1n) is 4.88. The molecule has 2 aromatic rings. The van der Waals surface area contributed by atoms with E-state index < -0.39 is 0 Å². The minimum absolute atomic E-state index is 0.166. The van der Waals surface area contributed by atoms with Crippen molar-refractivity contribution in [3.63, 3.8) is 0 Å². The van der Waals surface area contributed by atoms with Gasteiger partial charge >= 0.3 is 0 Å². The molecule has 0 spiro atoms. The van der Waals surface area contributed by atoms with Crippen molar-refractivity contribution in [2.24, 2.45) is 0 Å². The molecule has 0 atom stereocenters. The molecule has 4 nitrogen and oxygen atoms in total. The SMILES string of the molecule is O=C(NCc1cn[nH]c1)c1ccc(Br)c(Cl)c1. The molecule has 1 aromatic carbocycles. The molecule has 0 aliphatic carbocycles. The van der Waals surface area contributed by atoms with Gasteiger partial charge in [-0.3, -0.25) is 9.89 Å². The predicted molar refractivity (Wildman–Crippen MR) is 68.9 cm³/mol. The van der Waals surface area contributed by atoms with Crippen LogP contribution < -0.4 is 5.32 Å². The Labute approximate surface area is 111 Å². The summed E-state index contributed by atoms with van der Waals surface area (Å²) in [7, 11) is 0. The summed E-state index contributed by atoms with van der Waals surface area (Å²) >= 11 is 9.19. The van der Waals surface area contributed by atoms with Crippen LogP contribution in [0.25, 0.3) is 0 Å². The number of H-pyrrole nitrogens is 1. The van der Waals surface area contributed by atoms with Gasteiger partial charge in [0.1, 0.15) is 0 Å². The van der Waals surface area contributed by atoms with E-state index in [1.54, 1.807) is 30.6 Å². The fourth-order valence-corrected chi connectivity index (χ4v) is 1.72. The molecule has 0 unspecified atom stereocenters. The fourth-order valence-electron chi connectivity index (χ4n) is 1.30. The summed E-state index contributed by atoms with van der Waals surface area (Å²) in [6.45, 7) is 0.434. The Hall–Kier alpha value is -1.33. The van der Waals surface area contributed by atoms with E-state index >= 15 is 0 Å². The third-order valence-corrected chi connectivity index (χ3v) is 3.42. The van der Waals surface area contributed by atoms with Crippen molar-refractivity contribution in [1.82, 2.24) is 15.5 Å². The molecule has 1 heterocycles. The van der Waals surface area contributed by atoms with E-state index in [0.717, 1.165) is 10.0 Å². The van der Waals surface area contributed by atoms with E-state index in [9.17, 15) is 4.79 Å². The van der Waals surface area contributed by atoms with Gasteiger partial charge in [-0.2, -0.15) is 5.10 Å². The molecule has 1 amide bonds. The van der Waals surface area contributed by atoms with Crippen LogP contribution in [0.3, 0.4) is 0 Å². The Bertz CT molecular complexity index is 528. The molecule has 0 aliphatic rings. The maximum Gasteiger partial charge on any atom is 0.251 e. The van der Waals surface area contributed by atoms with Crippen LogP contribution in [0.5, 0.6) is 0 Å². The number of rotatable bonds is 3. The van der Waals surface area contributed by atoms with E-state index in [1.165, 1.54) is 0 Å². The van der Waals surface area contributed by atoms with Crippen LogP contribution in [0.2, 0.25) is 5.02 Å². The summed E-state index contributed by atoms with van der Waals surface area (Å²) in [5, 5.41) is 9.77. The van der Waals surface area contributed by atoms with Gasteiger partial charge in [-0.1, -0.05) is 11.6 Å². The van der Waals surface area contributed by atoms with Crippen molar-refractivity contribution in [2.45, 2.75) is 6.54 Å². The Morgan fingerprint density at radius 3 is 3.00 bits per heavy atom. The molecular weight excluding hydrogens is 305 g/mol. The molecule has 0 radical (unpaired) electrons. The summed E-state index contributed by atoms with van der Waals surface area (Å²) in [4.78, 5) is 11.8. The average molecular weight is 315 g/mol. The molecule has 2 rings (SSSR count). The normalized spacial score (nSPS) is 10.2. The highest BCUT2D eigenvalue weighted by molar-refractivity contribution is 9.10. The maximum absolute atomic E-state index is 11.8. The number of aromatic amines is 1. The Balaban J connectivity index is 2.02. The van der Waals surface area contributed by atoms with Crippen LogP contribution in [-0.2, 0) is 6.54 Å². The van der Waals surface area contributed by atoms with Gasteiger partial charge in [-0.25, -0.2) is 0 Å². The quantitative estimate of drug-likeness (QED) is 0.915. The summed E-state index contributed by atoms with van der Waals surface area (Å²) in [6.07, 6.45) is 3.39. The van der Waals surface area contributed by atoms with E-state index in [2.05, 4.69) is 31.4 Å². The highest BCUT2D eigenvalue weighted by Crippen LogP contribution is 2.23. The third kappa shape index (κ3) is 3.08. The lowest BCUT2D eigenvalue weighted by Gasteiger charge is -2.04. The van der Waals surface area contributed by atoms with Crippen molar-refractivity contribution in [1.29, 1.82) is 0 Å². The zero-order valence-electron chi connectivity index (χ0n) is 8.71. The number of aromatic nitrogens is 2. The van der Waals surface area contributed by atoms with Crippen LogP contribution >= 0.6 is 27.5 Å². The molecular formula is C11H9BrClN3O. The van der Waals surface area contributed by atoms with E-state index in [4.69, 9.17) is 11.6 Å². The van der Waals surface area contributed by atoms with Gasteiger partial charge in [0, 0.05) is 28.3 Å². The van der Waals surface area contributed by atoms with Gasteiger partial charge in [0.25, 0.3) is 5.91 Å². The lowest BCUT2D eigenvalue weighted by molar-refractivity contribution is 0.0951. The predicted octanol–water partition coefficient (Wildman–Crippen LogP) is 2.76. The Kier molecular flexibility index (Phi) is 3.81. The highest BCUT2D eigenvalue weighted by atomic mass is 79.9. The lowest BCUT2D eigenvalue weighted by Crippen LogP contribution is -2.22. The molecule has 0 saturated heterocycles. The van der Waals surface area contributed by atoms with Crippen LogP contribution in [0.4, 0.5) is 0 Å². The van der Waals surface area contributed by atoms with Crippen molar-refractivity contribution in [2.75, 3.05) is 0 Å². The Morgan fingerprint density at radius 1 is 1.53 bits per heavy atom. The number of amides is 1. The fraction of sp³-hybridized carbons (Fsp3) is 0.0909. The molecule has 0 saturated carbocycles. The third-order valence-electron chi connectivity index (χ3n) is 2.19. The zero-order chi connectivity index (χ0) is 12.3. The number of carbonyl (C=O) groups is 1. The number of halogens is 2. The van der Waals surface area contributed by atoms with Crippen molar-refractivity contribution < 1.29 is 4.79 Å². The Morgan fingerprint density at radius 2 is 2.35 bits per heavy atom. The molecule has 2 N–H and O–H groups in total. The average Bonchev–Trinajstić information content (AvgIpc) is 2.82. The number of hydrogen-bond acceptors (Lipinski definition) is 2. The van der Waals surface area contributed by atoms with E-state index in [1.807, 2.05) is 0 Å². The molecule has 17 heavy (non-hydrogen) atoms. The first kappa shape index (κ1) is 12.1. The van der Waals surface area contributed by atoms with E-state index in [0.29, 0.717) is 17.1 Å². The smallest absolute Gasteiger partial charge is 0.251 e. The molecule has 88 valence electrons. The molecule has 6 heteroatoms. The number of hydrogen-bond donors (Lipinski definition) is 2. The van der Waals surface area contributed by atoms with Crippen LogP contribution in [0.1, 0.15) is 15.9 Å². The second kappa shape index (κ2) is 5.33. The van der Waals surface area contributed by atoms with Gasteiger partial charge in [-0.05, 0) is 34.1 Å². The van der Waals surface area contributed by atoms with Gasteiger partial charge < -0.3 is 5.32 Å². The molecule has 1 aromatic heterocycles. The first-order valence-corrected chi connectivity index (χ1v) is 6.05. The minimum Gasteiger partial charge on any atom is -0.348 e. The number of nitrogens with zero attached hydrogens (tertiary/aromatic N) is 1. The second-order valence-corrected chi connectivity index (χ2v) is 4.68. The van der Waals surface area contributed by atoms with Gasteiger partial charge in [0.15, 0.2) is 0 Å². The topological polar surface area (TPSA) is 57.8 Å². The summed E-state index contributed by atoms with van der Waals surface area (Å²) in [5.74, 6) is -0.166. The van der Waals surface area contributed by atoms with Gasteiger partial charge in [-0.15, -0.1) is 0 Å². The van der Waals surface area contributed by atoms with Gasteiger partial charge in [0.05, 0.1) is 11.2 Å². The largest absolute Gasteiger partial charge is 0.348 e. The van der Waals surface area contributed by atoms with Crippen molar-refractivity contribution in [3.05, 3.63) is 51.2 Å². The monoisotopic (exact) mass is 313 g/mol. The highest BCUT2D eigenvalue weighted by Gasteiger charge is 2.07. The summed E-state index contributed by atoms with van der Waals surface area (Å²) in [6, 6.07) is 5.08. The lowest BCUT2D eigenvalue weighted by atomic mass is 10.2. The second-order valence-electron chi connectivity index (χ2n) is 3.42. The summed E-state index contributed by atoms with van der Waals surface area (Å²) in [5.41, 5.74) is 1.45.